The third kappa shape index (κ3) is 7.25. The molecule has 0 spiro atoms. The van der Waals surface area contributed by atoms with Crippen molar-refractivity contribution in [3.8, 4) is 5.75 Å². The van der Waals surface area contributed by atoms with Crippen LogP contribution in [0, 0.1) is 11.8 Å². The molecule has 2 fully saturated rings. The lowest BCUT2D eigenvalue weighted by Gasteiger charge is -2.45. The molecule has 1 N–H and O–H groups in total. The van der Waals surface area contributed by atoms with E-state index in [4.69, 9.17) is 9.47 Å². The summed E-state index contributed by atoms with van der Waals surface area (Å²) in [6, 6.07) is 10.8. The first-order valence-corrected chi connectivity index (χ1v) is 12.5. The quantitative estimate of drug-likeness (QED) is 0.489. The van der Waals surface area contributed by atoms with Crippen molar-refractivity contribution in [2.24, 2.45) is 11.8 Å². The molecule has 30 heavy (non-hydrogen) atoms. The van der Waals surface area contributed by atoms with E-state index in [-0.39, 0.29) is 12.3 Å². The normalized spacial score (nSPS) is 27.6. The molecule has 2 aliphatic rings. The van der Waals surface area contributed by atoms with Gasteiger partial charge in [-0.15, -0.1) is 0 Å². The summed E-state index contributed by atoms with van der Waals surface area (Å²) in [5, 5.41) is 3.88. The Hall–Kier alpha value is -1.10. The number of nitrogens with one attached hydrogen (secondary N) is 1. The Balaban J connectivity index is 1.43. The van der Waals surface area contributed by atoms with E-state index >= 15 is 0 Å². The van der Waals surface area contributed by atoms with Gasteiger partial charge in [-0.3, -0.25) is 5.32 Å². The summed E-state index contributed by atoms with van der Waals surface area (Å²) in [6.07, 6.45) is 12.3. The Labute approximate surface area is 184 Å². The van der Waals surface area contributed by atoms with Crippen molar-refractivity contribution in [2.75, 3.05) is 26.7 Å². The first-order valence-electron chi connectivity index (χ1n) is 12.5. The van der Waals surface area contributed by atoms with Crippen LogP contribution < -0.4 is 10.1 Å². The van der Waals surface area contributed by atoms with Crippen LogP contribution in [0.4, 0.5) is 0 Å². The van der Waals surface area contributed by atoms with Gasteiger partial charge in [0, 0.05) is 25.0 Å². The monoisotopic (exact) mass is 416 g/mol. The number of ether oxygens (including phenoxy) is 2. The van der Waals surface area contributed by atoms with Crippen LogP contribution >= 0.6 is 0 Å². The lowest BCUT2D eigenvalue weighted by Crippen LogP contribution is -2.54. The van der Waals surface area contributed by atoms with Gasteiger partial charge in [0.2, 0.25) is 0 Å². The number of fused-ring (bicyclic) bond motifs is 1. The maximum absolute atomic E-state index is 6.47. The molecule has 3 rings (SSSR count). The molecule has 1 aromatic carbocycles. The van der Waals surface area contributed by atoms with Gasteiger partial charge in [0.15, 0.2) is 0 Å². The average molecular weight is 417 g/mol. The summed E-state index contributed by atoms with van der Waals surface area (Å²) in [6.45, 7) is 7.16. The maximum Gasteiger partial charge on any atom is 0.119 e. The zero-order valence-corrected chi connectivity index (χ0v) is 19.5. The van der Waals surface area contributed by atoms with E-state index in [1.165, 1.54) is 51.4 Å². The summed E-state index contributed by atoms with van der Waals surface area (Å²) >= 11 is 0. The number of hydrogen-bond donors (Lipinski definition) is 1. The second-order valence-electron chi connectivity index (χ2n) is 9.46. The van der Waals surface area contributed by atoms with Crippen LogP contribution in [0.1, 0.15) is 71.6 Å². The smallest absolute Gasteiger partial charge is 0.119 e. The average Bonchev–Trinajstić information content (AvgIpc) is 2.78. The number of nitrogens with zero attached hydrogens (tertiary/aromatic N) is 1. The van der Waals surface area contributed by atoms with Crippen LogP contribution in [0.3, 0.4) is 0 Å². The highest BCUT2D eigenvalue weighted by atomic mass is 16.5. The highest BCUT2D eigenvalue weighted by Gasteiger charge is 2.38. The highest BCUT2D eigenvalue weighted by Crippen LogP contribution is 2.39. The molecule has 0 aromatic heterocycles. The molecule has 1 saturated heterocycles. The van der Waals surface area contributed by atoms with Crippen molar-refractivity contribution >= 4 is 0 Å². The van der Waals surface area contributed by atoms with E-state index in [9.17, 15) is 0 Å². The fourth-order valence-electron chi connectivity index (χ4n) is 5.26. The van der Waals surface area contributed by atoms with Gasteiger partial charge in [-0.1, -0.05) is 57.7 Å². The minimum absolute atomic E-state index is 0.214. The third-order valence-electron chi connectivity index (χ3n) is 7.04. The number of benzene rings is 1. The number of piperidine rings is 1. The van der Waals surface area contributed by atoms with Gasteiger partial charge in [0.25, 0.3) is 0 Å². The summed E-state index contributed by atoms with van der Waals surface area (Å²) < 4.78 is 12.6. The van der Waals surface area contributed by atoms with Crippen molar-refractivity contribution in [3.63, 3.8) is 0 Å². The maximum atomic E-state index is 6.47. The van der Waals surface area contributed by atoms with Crippen LogP contribution in [0.15, 0.2) is 30.3 Å². The van der Waals surface area contributed by atoms with Crippen LogP contribution in [-0.4, -0.2) is 50.0 Å². The molecule has 0 radical (unpaired) electrons. The molecule has 1 aromatic rings. The molecule has 0 amide bonds. The standard InChI is InChI=1S/C26H44N2O2/c1-4-6-13-22-19-21-12-10-11-16-25(21)26(27-22)29-18-17-28(3)20-23(5-2)30-24-14-8-7-9-15-24/h7-9,14-15,21-23,25-27H,4-6,10-13,16-20H2,1-3H3. The summed E-state index contributed by atoms with van der Waals surface area (Å²) in [7, 11) is 2.18. The largest absolute Gasteiger partial charge is 0.489 e. The number of unbranched alkanes of at least 4 members (excludes halogenated alkanes) is 1. The summed E-state index contributed by atoms with van der Waals surface area (Å²) in [5.41, 5.74) is 0. The zero-order valence-electron chi connectivity index (χ0n) is 19.5. The van der Waals surface area contributed by atoms with Gasteiger partial charge in [-0.25, -0.2) is 0 Å². The van der Waals surface area contributed by atoms with E-state index in [1.54, 1.807) is 0 Å². The number of hydrogen-bond acceptors (Lipinski definition) is 4. The Morgan fingerprint density at radius 3 is 2.70 bits per heavy atom. The van der Waals surface area contributed by atoms with Crippen LogP contribution in [0.25, 0.3) is 0 Å². The van der Waals surface area contributed by atoms with Gasteiger partial charge >= 0.3 is 0 Å². The number of para-hydroxylation sites is 1. The zero-order chi connectivity index (χ0) is 21.2. The summed E-state index contributed by atoms with van der Waals surface area (Å²) in [4.78, 5) is 2.35. The van der Waals surface area contributed by atoms with Gasteiger partial charge in [-0.2, -0.15) is 0 Å². The van der Waals surface area contributed by atoms with Gasteiger partial charge in [0.05, 0.1) is 6.61 Å². The molecule has 4 heteroatoms. The SMILES string of the molecule is CCCCC1CC2CCCCC2C(OCCN(C)CC(CC)Oc2ccccc2)N1. The lowest BCUT2D eigenvalue weighted by atomic mass is 9.72. The molecule has 170 valence electrons. The highest BCUT2D eigenvalue weighted by molar-refractivity contribution is 5.21. The molecule has 5 atom stereocenters. The van der Waals surface area contributed by atoms with Crippen molar-refractivity contribution in [3.05, 3.63) is 30.3 Å². The molecule has 1 aliphatic heterocycles. The minimum Gasteiger partial charge on any atom is -0.489 e. The van der Waals surface area contributed by atoms with Crippen LogP contribution in [0.2, 0.25) is 0 Å². The summed E-state index contributed by atoms with van der Waals surface area (Å²) in [5.74, 6) is 2.54. The molecule has 5 unspecified atom stereocenters. The molecule has 0 bridgehead atoms. The fraction of sp³-hybridized carbons (Fsp3) is 0.769. The van der Waals surface area contributed by atoms with Crippen molar-refractivity contribution in [1.82, 2.24) is 10.2 Å². The Kier molecular flexibility index (Phi) is 9.96. The van der Waals surface area contributed by atoms with Crippen molar-refractivity contribution in [1.29, 1.82) is 0 Å². The van der Waals surface area contributed by atoms with Gasteiger partial charge < -0.3 is 14.4 Å². The van der Waals surface area contributed by atoms with Gasteiger partial charge in [-0.05, 0) is 57.2 Å². The number of rotatable bonds is 12. The Bertz CT molecular complexity index is 582. The van der Waals surface area contributed by atoms with E-state index in [2.05, 4.69) is 31.1 Å². The van der Waals surface area contributed by atoms with E-state index in [0.29, 0.717) is 12.0 Å². The predicted molar refractivity (Wildman–Crippen MR) is 125 cm³/mol. The second-order valence-corrected chi connectivity index (χ2v) is 9.46. The van der Waals surface area contributed by atoms with E-state index < -0.39 is 0 Å². The predicted octanol–water partition coefficient (Wildman–Crippen LogP) is 5.48. The fourth-order valence-corrected chi connectivity index (χ4v) is 5.26. The van der Waals surface area contributed by atoms with Crippen LogP contribution in [0.5, 0.6) is 5.75 Å². The molecule has 1 aliphatic carbocycles. The molecule has 4 nitrogen and oxygen atoms in total. The molecule has 1 saturated carbocycles. The van der Waals surface area contributed by atoms with Crippen LogP contribution in [-0.2, 0) is 4.74 Å². The topological polar surface area (TPSA) is 33.7 Å². The second kappa shape index (κ2) is 12.7. The first kappa shape index (κ1) is 23.6. The lowest BCUT2D eigenvalue weighted by molar-refractivity contribution is -0.0786. The van der Waals surface area contributed by atoms with Crippen molar-refractivity contribution in [2.45, 2.75) is 90.0 Å². The van der Waals surface area contributed by atoms with Crippen molar-refractivity contribution < 1.29 is 9.47 Å². The minimum atomic E-state index is 0.214. The van der Waals surface area contributed by atoms with Gasteiger partial charge in [0.1, 0.15) is 18.1 Å². The Morgan fingerprint density at radius 2 is 1.93 bits per heavy atom. The molecular formula is C26H44N2O2. The molecule has 1 heterocycles. The first-order chi connectivity index (χ1) is 14.7. The van der Waals surface area contributed by atoms with E-state index in [1.807, 2.05) is 30.3 Å². The third-order valence-corrected chi connectivity index (χ3v) is 7.04. The number of likely N-dealkylation sites (N-methyl/N-ethyl adjacent to an activating group) is 1. The Morgan fingerprint density at radius 1 is 1.13 bits per heavy atom. The molecular weight excluding hydrogens is 372 g/mol. The van der Waals surface area contributed by atoms with E-state index in [0.717, 1.165) is 37.8 Å².